The van der Waals surface area contributed by atoms with Gasteiger partial charge >= 0.3 is 0 Å². The average molecular weight is 981 g/mol. The number of fused-ring (bicyclic) bond motifs is 2. The van der Waals surface area contributed by atoms with Crippen molar-refractivity contribution in [3.8, 4) is 11.6 Å². The first-order valence-corrected chi connectivity index (χ1v) is 24.5. The summed E-state index contributed by atoms with van der Waals surface area (Å²) in [5.74, 6) is -1.35. The van der Waals surface area contributed by atoms with Crippen LogP contribution in [0.4, 0.5) is 8.78 Å². The second-order valence-corrected chi connectivity index (χ2v) is 19.2. The van der Waals surface area contributed by atoms with Crippen molar-refractivity contribution < 1.29 is 42.0 Å². The Labute approximate surface area is 404 Å². The summed E-state index contributed by atoms with van der Waals surface area (Å²) < 4.78 is 50.0. The standard InChI is InChI=1S/C48H59F2N9O7S.ClH/c1-30(51-2)46(61)53-44(31-7-4-3-5-8-31)48(63)57-20-18-56(19-21-57)47(62)40-24-32-23-36(49)37(50)26-39(32)59(40)28-43(60)58-15-6-9-33(58)29-64-42-25-35(66-54-42)27-55-16-11-34(12-17-55)65-41-10-14-52-38-13-22-67-45(38)41;/h10,13-14,22-26,30-31,33-34,44,51H,3-9,11-12,15-21,27-29H2,1-2H3,(H,53,61);1H/t30-,33-,44-;/m0./s1. The summed E-state index contributed by atoms with van der Waals surface area (Å²) in [7, 11) is 1.70. The highest BCUT2D eigenvalue weighted by Crippen LogP contribution is 2.32. The van der Waals surface area contributed by atoms with Crippen LogP contribution >= 0.6 is 23.7 Å². The van der Waals surface area contributed by atoms with Crippen LogP contribution in [0.5, 0.6) is 11.6 Å². The van der Waals surface area contributed by atoms with E-state index < -0.39 is 29.6 Å². The van der Waals surface area contributed by atoms with Crippen molar-refractivity contribution in [2.45, 2.75) is 102 Å². The molecule has 5 aromatic rings. The van der Waals surface area contributed by atoms with E-state index in [4.69, 9.17) is 14.0 Å². The molecule has 1 aliphatic carbocycles. The third kappa shape index (κ3) is 10.9. The van der Waals surface area contributed by atoms with Crippen LogP contribution in [0.2, 0.25) is 0 Å². The van der Waals surface area contributed by atoms with E-state index >= 15 is 0 Å². The first-order chi connectivity index (χ1) is 32.5. The number of rotatable bonds is 15. The fourth-order valence-electron chi connectivity index (χ4n) is 10.1. The lowest BCUT2D eigenvalue weighted by Gasteiger charge is -2.39. The fourth-order valence-corrected chi connectivity index (χ4v) is 10.9. The quantitative estimate of drug-likeness (QED) is 0.126. The summed E-state index contributed by atoms with van der Waals surface area (Å²) in [6.07, 6.45) is 9.88. The Kier molecular flexibility index (Phi) is 15.8. The largest absolute Gasteiger partial charge is 0.489 e. The number of pyridine rings is 1. The Hall–Kier alpha value is -5.37. The third-order valence-electron chi connectivity index (χ3n) is 14.0. The van der Waals surface area contributed by atoms with E-state index in [1.807, 2.05) is 17.5 Å². The van der Waals surface area contributed by atoms with Crippen molar-refractivity contribution in [3.05, 3.63) is 71.1 Å². The molecule has 20 heteroatoms. The first-order valence-electron chi connectivity index (χ1n) is 23.7. The lowest BCUT2D eigenvalue weighted by molar-refractivity contribution is -0.140. The van der Waals surface area contributed by atoms with Crippen LogP contribution in [-0.2, 0) is 27.5 Å². The summed E-state index contributed by atoms with van der Waals surface area (Å²) in [5, 5.41) is 12.4. The molecule has 3 aliphatic heterocycles. The van der Waals surface area contributed by atoms with Gasteiger partial charge in [0.2, 0.25) is 17.7 Å². The minimum atomic E-state index is -1.09. The number of halogens is 3. The van der Waals surface area contributed by atoms with Gasteiger partial charge in [0.15, 0.2) is 17.4 Å². The number of nitrogens with one attached hydrogen (secondary N) is 2. The van der Waals surface area contributed by atoms with Crippen LogP contribution in [0, 0.1) is 17.6 Å². The Morgan fingerprint density at radius 3 is 2.41 bits per heavy atom. The number of hydrogen-bond acceptors (Lipinski definition) is 12. The summed E-state index contributed by atoms with van der Waals surface area (Å²) >= 11 is 1.63. The van der Waals surface area contributed by atoms with Crippen LogP contribution in [-0.4, -0.2) is 142 Å². The number of thiophene rings is 1. The topological polar surface area (TPSA) is 168 Å². The van der Waals surface area contributed by atoms with Crippen molar-refractivity contribution >= 4 is 68.5 Å². The van der Waals surface area contributed by atoms with Gasteiger partial charge in [0, 0.05) is 69.5 Å². The SMILES string of the molecule is CN[C@@H](C)C(=O)N[C@H](C(=O)N1CCN(C(=O)c2cc3cc(F)c(F)cc3n2CC(=O)N2CCC[C@H]2COc2cc(CN3CCC(Oc4ccnc5ccsc45)CC3)on2)CC1)C1CCCCC1.Cl. The van der Waals surface area contributed by atoms with Crippen molar-refractivity contribution in [2.75, 3.05) is 59.5 Å². The second kappa shape index (κ2) is 21.9. The molecule has 7 heterocycles. The number of likely N-dealkylation sites (N-methyl/N-ethyl adjacent to an activating group) is 1. The number of likely N-dealkylation sites (tertiary alicyclic amines) is 2. The lowest BCUT2D eigenvalue weighted by Crippen LogP contribution is -2.59. The van der Waals surface area contributed by atoms with E-state index in [0.29, 0.717) is 31.2 Å². The number of aromatic nitrogens is 3. The summed E-state index contributed by atoms with van der Waals surface area (Å²) in [4.78, 5) is 67.2. The summed E-state index contributed by atoms with van der Waals surface area (Å²) in [6.45, 7) is 5.25. The maximum atomic E-state index is 14.8. The Balaban J connectivity index is 0.00000625. The monoisotopic (exact) mass is 979 g/mol. The molecule has 4 aromatic heterocycles. The molecular formula is C48H60ClF2N9O7S. The van der Waals surface area contributed by atoms with Gasteiger partial charge < -0.3 is 43.9 Å². The maximum absolute atomic E-state index is 14.8. The number of piperidine rings is 1. The van der Waals surface area contributed by atoms with E-state index in [0.717, 1.165) is 92.6 Å². The molecule has 0 radical (unpaired) electrons. The molecule has 4 fully saturated rings. The van der Waals surface area contributed by atoms with Crippen molar-refractivity contribution in [3.63, 3.8) is 0 Å². The zero-order valence-corrected chi connectivity index (χ0v) is 40.1. The molecule has 0 unspecified atom stereocenters. The van der Waals surface area contributed by atoms with Gasteiger partial charge in [-0.15, -0.1) is 23.7 Å². The molecule has 3 saturated heterocycles. The van der Waals surface area contributed by atoms with Crippen molar-refractivity contribution in [1.82, 2.24) is 44.9 Å². The van der Waals surface area contributed by atoms with Crippen LogP contribution in [0.3, 0.4) is 0 Å². The number of ether oxygens (including phenoxy) is 2. The molecule has 4 amide bonds. The van der Waals surface area contributed by atoms with Crippen molar-refractivity contribution in [1.29, 1.82) is 0 Å². The molecule has 16 nitrogen and oxygen atoms in total. The number of hydrogen-bond donors (Lipinski definition) is 2. The minimum absolute atomic E-state index is 0. The Morgan fingerprint density at radius 2 is 1.65 bits per heavy atom. The lowest BCUT2D eigenvalue weighted by atomic mass is 9.83. The zero-order chi connectivity index (χ0) is 46.6. The van der Waals surface area contributed by atoms with Crippen LogP contribution in [0.1, 0.15) is 81.0 Å². The van der Waals surface area contributed by atoms with Gasteiger partial charge in [-0.1, -0.05) is 19.3 Å². The molecule has 0 bridgehead atoms. The Bertz CT molecular complexity index is 2570. The number of carbonyl (C=O) groups excluding carboxylic acids is 4. The van der Waals surface area contributed by atoms with E-state index in [1.54, 1.807) is 52.3 Å². The summed E-state index contributed by atoms with van der Waals surface area (Å²) in [6, 6.07) is 7.85. The molecule has 9 rings (SSSR count). The van der Waals surface area contributed by atoms with E-state index in [2.05, 4.69) is 25.7 Å². The van der Waals surface area contributed by atoms with Gasteiger partial charge in [-0.2, -0.15) is 0 Å². The first kappa shape index (κ1) is 49.1. The van der Waals surface area contributed by atoms with E-state index in [9.17, 15) is 28.0 Å². The number of nitrogens with zero attached hydrogens (tertiary/aromatic N) is 7. The van der Waals surface area contributed by atoms with Crippen LogP contribution < -0.4 is 20.1 Å². The molecule has 1 saturated carbocycles. The number of piperazine rings is 1. The second-order valence-electron chi connectivity index (χ2n) is 18.3. The molecule has 0 spiro atoms. The molecule has 366 valence electrons. The molecule has 4 aliphatic rings. The molecule has 68 heavy (non-hydrogen) atoms. The van der Waals surface area contributed by atoms with Crippen molar-refractivity contribution in [2.24, 2.45) is 5.92 Å². The highest BCUT2D eigenvalue weighted by atomic mass is 35.5. The van der Waals surface area contributed by atoms with Gasteiger partial charge in [0.1, 0.15) is 36.7 Å². The zero-order valence-electron chi connectivity index (χ0n) is 38.5. The van der Waals surface area contributed by atoms with Crippen LogP contribution in [0.15, 0.2) is 52.5 Å². The minimum Gasteiger partial charge on any atom is -0.489 e. The predicted molar refractivity (Wildman–Crippen MR) is 254 cm³/mol. The van der Waals surface area contributed by atoms with E-state index in [-0.39, 0.29) is 104 Å². The van der Waals surface area contributed by atoms with Gasteiger partial charge in [-0.3, -0.25) is 29.1 Å². The van der Waals surface area contributed by atoms with E-state index in [1.165, 1.54) is 10.6 Å². The molecule has 3 atom stereocenters. The molecule has 1 aromatic carbocycles. The van der Waals surface area contributed by atoms with Gasteiger partial charge in [0.25, 0.3) is 11.8 Å². The third-order valence-corrected chi connectivity index (χ3v) is 14.9. The smallest absolute Gasteiger partial charge is 0.270 e. The fraction of sp³-hybridized carbons (Fsp3) is 0.542. The highest BCUT2D eigenvalue weighted by molar-refractivity contribution is 7.17. The van der Waals surface area contributed by atoms with Crippen LogP contribution in [0.25, 0.3) is 21.1 Å². The number of amides is 4. The van der Waals surface area contributed by atoms with Gasteiger partial charge in [-0.05, 0) is 93.2 Å². The normalized spacial score (nSPS) is 19.5. The predicted octanol–water partition coefficient (Wildman–Crippen LogP) is 6.01. The maximum Gasteiger partial charge on any atom is 0.270 e. The average Bonchev–Trinajstić information content (AvgIpc) is 4.19. The highest BCUT2D eigenvalue weighted by Gasteiger charge is 2.37. The van der Waals surface area contributed by atoms with Gasteiger partial charge in [-0.25, -0.2) is 8.78 Å². The molecular weight excluding hydrogens is 920 g/mol. The number of benzene rings is 1. The Morgan fingerprint density at radius 1 is 0.897 bits per heavy atom. The van der Waals surface area contributed by atoms with Gasteiger partial charge in [0.05, 0.1) is 34.4 Å². The number of carbonyl (C=O) groups is 4. The molecule has 2 N–H and O–H groups in total. The summed E-state index contributed by atoms with van der Waals surface area (Å²) in [5.41, 5.74) is 1.29.